The number of nitrogens with zero attached hydrogens (tertiary/aromatic N) is 2. The minimum absolute atomic E-state index is 0.518. The van der Waals surface area contributed by atoms with E-state index in [-0.39, 0.29) is 0 Å². The molecule has 0 aliphatic carbocycles. The van der Waals surface area contributed by atoms with E-state index in [9.17, 15) is 0 Å². The smallest absolute Gasteiger partial charge is 0.307 e. The van der Waals surface area contributed by atoms with Crippen LogP contribution in [-0.2, 0) is 0 Å². The van der Waals surface area contributed by atoms with Crippen molar-refractivity contribution in [3.05, 3.63) is 97.1 Å². The van der Waals surface area contributed by atoms with Crippen LogP contribution in [0.25, 0.3) is 82.8 Å². The van der Waals surface area contributed by atoms with Crippen LogP contribution >= 0.6 is 0 Å². The molecule has 0 aliphatic heterocycles. The number of fused-ring (bicyclic) bond motifs is 12. The zero-order chi connectivity index (χ0) is 23.4. The van der Waals surface area contributed by atoms with Gasteiger partial charge in [-0.15, -0.1) is 0 Å². The van der Waals surface area contributed by atoms with Crippen molar-refractivity contribution in [2.45, 2.75) is 0 Å². The van der Waals surface area contributed by atoms with Gasteiger partial charge in [-0.1, -0.05) is 54.6 Å². The quantitative estimate of drug-likeness (QED) is 0.244. The number of aromatic nitrogens is 2. The first kappa shape index (κ1) is 18.3. The lowest BCUT2D eigenvalue weighted by molar-refractivity contribution is 0.577. The fraction of sp³-hybridized carbons (Fsp3) is 0. The van der Waals surface area contributed by atoms with E-state index in [0.717, 1.165) is 76.8 Å². The molecule has 0 saturated carbocycles. The second kappa shape index (κ2) is 6.34. The van der Waals surface area contributed by atoms with Gasteiger partial charge in [-0.3, -0.25) is 4.57 Å². The van der Waals surface area contributed by atoms with Crippen molar-refractivity contribution in [1.29, 1.82) is 0 Å². The van der Waals surface area contributed by atoms with Crippen molar-refractivity contribution in [3.63, 3.8) is 0 Å². The van der Waals surface area contributed by atoms with Crippen molar-refractivity contribution in [2.75, 3.05) is 0 Å². The first-order valence-corrected chi connectivity index (χ1v) is 11.9. The third-order valence-electron chi connectivity index (χ3n) is 7.26. The second-order valence-electron chi connectivity index (χ2n) is 9.17. The zero-order valence-electron chi connectivity index (χ0n) is 18.9. The van der Waals surface area contributed by atoms with E-state index in [0.29, 0.717) is 6.01 Å². The Balaban J connectivity index is 1.43. The summed E-state index contributed by atoms with van der Waals surface area (Å²) in [6.07, 6.45) is 0. The van der Waals surface area contributed by atoms with Crippen LogP contribution in [0.2, 0.25) is 0 Å². The van der Waals surface area contributed by atoms with Crippen LogP contribution in [0.5, 0.6) is 0 Å². The van der Waals surface area contributed by atoms with Gasteiger partial charge < -0.3 is 13.3 Å². The Bertz CT molecular complexity index is 2330. The highest BCUT2D eigenvalue weighted by Crippen LogP contribution is 2.41. The van der Waals surface area contributed by atoms with Crippen LogP contribution in [-0.4, -0.2) is 9.55 Å². The van der Waals surface area contributed by atoms with Crippen molar-refractivity contribution in [1.82, 2.24) is 9.55 Å². The second-order valence-corrected chi connectivity index (χ2v) is 9.17. The van der Waals surface area contributed by atoms with E-state index in [1.54, 1.807) is 0 Å². The largest absolute Gasteiger partial charge is 0.456 e. The molecule has 0 bridgehead atoms. The molecule has 0 fully saturated rings. The maximum Gasteiger partial charge on any atom is 0.307 e. The number of hydrogen-bond donors (Lipinski definition) is 0. The molecule has 0 radical (unpaired) electrons. The SMILES string of the molecule is c1ccc2c(c1)oc1c2ccc2c1c1ccccc1n2-c1nc2ccc3oc4ccccc4c3c2o1. The molecule has 36 heavy (non-hydrogen) atoms. The molecule has 0 spiro atoms. The summed E-state index contributed by atoms with van der Waals surface area (Å²) in [5.74, 6) is 0. The van der Waals surface area contributed by atoms with Gasteiger partial charge in [0, 0.05) is 21.5 Å². The molecule has 0 unspecified atom stereocenters. The maximum atomic E-state index is 6.54. The van der Waals surface area contributed by atoms with E-state index in [4.69, 9.17) is 18.2 Å². The van der Waals surface area contributed by atoms with E-state index < -0.39 is 0 Å². The predicted molar refractivity (Wildman–Crippen MR) is 143 cm³/mol. The topological polar surface area (TPSA) is 57.2 Å². The Labute approximate surface area is 202 Å². The minimum Gasteiger partial charge on any atom is -0.456 e. The Morgan fingerprint density at radius 3 is 2.11 bits per heavy atom. The molecule has 0 amide bonds. The van der Waals surface area contributed by atoms with E-state index in [2.05, 4.69) is 47.0 Å². The highest BCUT2D eigenvalue weighted by atomic mass is 16.4. The van der Waals surface area contributed by atoms with Crippen molar-refractivity contribution in [2.24, 2.45) is 0 Å². The molecule has 9 rings (SSSR count). The maximum absolute atomic E-state index is 6.54. The van der Waals surface area contributed by atoms with Crippen molar-refractivity contribution >= 4 is 76.8 Å². The van der Waals surface area contributed by atoms with Gasteiger partial charge in [0.1, 0.15) is 27.8 Å². The molecule has 5 aromatic carbocycles. The highest BCUT2D eigenvalue weighted by Gasteiger charge is 2.22. The normalized spacial score (nSPS) is 12.4. The number of oxazole rings is 1. The molecule has 5 nitrogen and oxygen atoms in total. The van der Waals surface area contributed by atoms with Crippen LogP contribution in [0.1, 0.15) is 0 Å². The first-order chi connectivity index (χ1) is 17.8. The summed E-state index contributed by atoms with van der Waals surface area (Å²) in [5.41, 5.74) is 6.90. The molecule has 9 aromatic rings. The lowest BCUT2D eigenvalue weighted by Gasteiger charge is -2.01. The summed E-state index contributed by atoms with van der Waals surface area (Å²) in [6.45, 7) is 0. The molecular weight excluding hydrogens is 448 g/mol. The highest BCUT2D eigenvalue weighted by molar-refractivity contribution is 6.24. The molecule has 4 aromatic heterocycles. The Morgan fingerprint density at radius 2 is 1.22 bits per heavy atom. The third kappa shape index (κ3) is 2.18. The van der Waals surface area contributed by atoms with Gasteiger partial charge in [0.25, 0.3) is 0 Å². The standard InChI is InChI=1S/C31H16N2O3/c1-4-10-22-19(8-1)27-23(15-13-18-17-7-2-5-11-24(17)35-29(18)27)33(22)31-32-21-14-16-26-28(30(21)36-31)20-9-3-6-12-25(20)34-26/h1-16H. The summed E-state index contributed by atoms with van der Waals surface area (Å²) in [4.78, 5) is 4.94. The van der Waals surface area contributed by atoms with Crippen LogP contribution in [0.3, 0.4) is 0 Å². The van der Waals surface area contributed by atoms with Crippen LogP contribution in [0.15, 0.2) is 110 Å². The fourth-order valence-corrected chi connectivity index (χ4v) is 5.72. The average molecular weight is 464 g/mol. The van der Waals surface area contributed by atoms with Crippen LogP contribution < -0.4 is 0 Å². The van der Waals surface area contributed by atoms with Gasteiger partial charge >= 0.3 is 6.01 Å². The lowest BCUT2D eigenvalue weighted by Crippen LogP contribution is -1.93. The summed E-state index contributed by atoms with van der Waals surface area (Å²) in [6, 6.07) is 33.2. The molecule has 0 saturated heterocycles. The van der Waals surface area contributed by atoms with E-state index >= 15 is 0 Å². The monoisotopic (exact) mass is 464 g/mol. The summed E-state index contributed by atoms with van der Waals surface area (Å²) in [7, 11) is 0. The van der Waals surface area contributed by atoms with E-state index in [1.165, 1.54) is 0 Å². The zero-order valence-corrected chi connectivity index (χ0v) is 18.9. The van der Waals surface area contributed by atoms with E-state index in [1.807, 2.05) is 54.6 Å². The van der Waals surface area contributed by atoms with Gasteiger partial charge in [0.2, 0.25) is 0 Å². The summed E-state index contributed by atoms with van der Waals surface area (Å²) >= 11 is 0. The third-order valence-corrected chi connectivity index (χ3v) is 7.26. The lowest BCUT2D eigenvalue weighted by atomic mass is 10.1. The van der Waals surface area contributed by atoms with Crippen LogP contribution in [0, 0.1) is 0 Å². The Morgan fingerprint density at radius 1 is 0.472 bits per heavy atom. The van der Waals surface area contributed by atoms with Gasteiger partial charge in [0.05, 0.1) is 21.8 Å². The molecule has 168 valence electrons. The van der Waals surface area contributed by atoms with Crippen LogP contribution in [0.4, 0.5) is 0 Å². The predicted octanol–water partition coefficient (Wildman–Crippen LogP) is 8.72. The molecule has 5 heteroatoms. The minimum atomic E-state index is 0.518. The van der Waals surface area contributed by atoms with Gasteiger partial charge in [-0.05, 0) is 42.5 Å². The molecule has 0 atom stereocenters. The number of furan rings is 2. The Hall–Kier alpha value is -5.03. The average Bonchev–Trinajstić information content (AvgIpc) is 3.67. The number of rotatable bonds is 1. The molecule has 0 N–H and O–H groups in total. The summed E-state index contributed by atoms with van der Waals surface area (Å²) in [5, 5.41) is 6.33. The molecule has 0 aliphatic rings. The first-order valence-electron chi connectivity index (χ1n) is 11.9. The van der Waals surface area contributed by atoms with Crippen molar-refractivity contribution in [3.8, 4) is 6.01 Å². The van der Waals surface area contributed by atoms with Gasteiger partial charge in [-0.25, -0.2) is 0 Å². The molecular formula is C31H16N2O3. The Kier molecular flexibility index (Phi) is 3.23. The number of benzene rings is 5. The molecule has 4 heterocycles. The van der Waals surface area contributed by atoms with Crippen molar-refractivity contribution < 1.29 is 13.3 Å². The number of para-hydroxylation sites is 3. The van der Waals surface area contributed by atoms with Gasteiger partial charge in [0.15, 0.2) is 5.58 Å². The fourth-order valence-electron chi connectivity index (χ4n) is 5.72. The van der Waals surface area contributed by atoms with Gasteiger partial charge in [-0.2, -0.15) is 4.98 Å². The summed E-state index contributed by atoms with van der Waals surface area (Å²) < 4.78 is 21.1. The number of hydrogen-bond acceptors (Lipinski definition) is 4.